The minimum Gasteiger partial charge on any atom is -0.341 e. The van der Waals surface area contributed by atoms with Gasteiger partial charge >= 0.3 is 0 Å². The van der Waals surface area contributed by atoms with Crippen molar-refractivity contribution in [3.63, 3.8) is 0 Å². The summed E-state index contributed by atoms with van der Waals surface area (Å²) in [6, 6.07) is 8.28. The molecule has 1 atom stereocenters. The first-order valence-corrected chi connectivity index (χ1v) is 6.72. The number of rotatable bonds is 3. The van der Waals surface area contributed by atoms with Gasteiger partial charge in [0.25, 0.3) is 0 Å². The Balaban J connectivity index is 1.82. The highest BCUT2D eigenvalue weighted by Gasteiger charge is 2.22. The first-order chi connectivity index (χ1) is 8.15. The van der Waals surface area contributed by atoms with Gasteiger partial charge in [-0.05, 0) is 30.5 Å². The SMILES string of the molecule is NC1CCN(C(=O)CCc2ccc(Br)cc2)C1. The molecule has 2 rings (SSSR count). The zero-order valence-electron chi connectivity index (χ0n) is 9.73. The van der Waals surface area contributed by atoms with Crippen molar-refractivity contribution in [3.8, 4) is 0 Å². The fourth-order valence-corrected chi connectivity index (χ4v) is 2.34. The zero-order valence-corrected chi connectivity index (χ0v) is 11.3. The molecule has 1 unspecified atom stereocenters. The van der Waals surface area contributed by atoms with E-state index in [-0.39, 0.29) is 11.9 Å². The van der Waals surface area contributed by atoms with E-state index in [1.165, 1.54) is 5.56 Å². The van der Waals surface area contributed by atoms with Gasteiger partial charge < -0.3 is 10.6 Å². The van der Waals surface area contributed by atoms with Crippen LogP contribution >= 0.6 is 15.9 Å². The summed E-state index contributed by atoms with van der Waals surface area (Å²) in [5.41, 5.74) is 6.99. The molecule has 1 aromatic carbocycles. The van der Waals surface area contributed by atoms with Crippen LogP contribution in [0.4, 0.5) is 0 Å². The predicted molar refractivity (Wildman–Crippen MR) is 71.6 cm³/mol. The van der Waals surface area contributed by atoms with Crippen LogP contribution in [-0.2, 0) is 11.2 Å². The Morgan fingerprint density at radius 1 is 1.41 bits per heavy atom. The average molecular weight is 297 g/mol. The standard InChI is InChI=1S/C13H17BrN2O/c14-11-4-1-10(2-5-11)3-6-13(17)16-8-7-12(15)9-16/h1-2,4-5,12H,3,6-9,15H2. The van der Waals surface area contributed by atoms with E-state index in [4.69, 9.17) is 5.73 Å². The lowest BCUT2D eigenvalue weighted by molar-refractivity contribution is -0.130. The number of likely N-dealkylation sites (tertiary alicyclic amines) is 1. The monoisotopic (exact) mass is 296 g/mol. The normalized spacial score (nSPS) is 19.6. The Labute approximate surface area is 110 Å². The third kappa shape index (κ3) is 3.54. The lowest BCUT2D eigenvalue weighted by Crippen LogP contribution is -2.31. The van der Waals surface area contributed by atoms with Gasteiger partial charge in [0, 0.05) is 30.0 Å². The molecule has 0 aromatic heterocycles. The van der Waals surface area contributed by atoms with Crippen LogP contribution in [0.25, 0.3) is 0 Å². The van der Waals surface area contributed by atoms with Gasteiger partial charge in [-0.1, -0.05) is 28.1 Å². The van der Waals surface area contributed by atoms with Gasteiger partial charge in [0.15, 0.2) is 0 Å². The number of nitrogens with zero attached hydrogens (tertiary/aromatic N) is 1. The van der Waals surface area contributed by atoms with E-state index >= 15 is 0 Å². The molecular formula is C13H17BrN2O. The van der Waals surface area contributed by atoms with Gasteiger partial charge in [-0.15, -0.1) is 0 Å². The van der Waals surface area contributed by atoms with Crippen molar-refractivity contribution in [2.24, 2.45) is 5.73 Å². The summed E-state index contributed by atoms with van der Waals surface area (Å²) in [5, 5.41) is 0. The maximum atomic E-state index is 11.9. The molecule has 92 valence electrons. The van der Waals surface area contributed by atoms with Crippen molar-refractivity contribution >= 4 is 21.8 Å². The van der Waals surface area contributed by atoms with E-state index in [1.807, 2.05) is 29.2 Å². The first kappa shape index (κ1) is 12.6. The smallest absolute Gasteiger partial charge is 0.222 e. The summed E-state index contributed by atoms with van der Waals surface area (Å²) in [7, 11) is 0. The molecule has 2 N–H and O–H groups in total. The largest absolute Gasteiger partial charge is 0.341 e. The van der Waals surface area contributed by atoms with Crippen molar-refractivity contribution in [2.75, 3.05) is 13.1 Å². The van der Waals surface area contributed by atoms with Crippen LogP contribution in [0.3, 0.4) is 0 Å². The van der Waals surface area contributed by atoms with Gasteiger partial charge in [0.1, 0.15) is 0 Å². The maximum absolute atomic E-state index is 11.9. The molecule has 1 aliphatic heterocycles. The van der Waals surface area contributed by atoms with Crippen LogP contribution in [0.2, 0.25) is 0 Å². The average Bonchev–Trinajstić information content (AvgIpc) is 2.75. The van der Waals surface area contributed by atoms with Crippen molar-refractivity contribution in [1.82, 2.24) is 4.90 Å². The summed E-state index contributed by atoms with van der Waals surface area (Å²) in [5.74, 6) is 0.223. The number of amides is 1. The van der Waals surface area contributed by atoms with Gasteiger partial charge in [-0.2, -0.15) is 0 Å². The molecule has 3 nitrogen and oxygen atoms in total. The van der Waals surface area contributed by atoms with Crippen LogP contribution in [0.1, 0.15) is 18.4 Å². The minimum absolute atomic E-state index is 0.173. The molecule has 17 heavy (non-hydrogen) atoms. The van der Waals surface area contributed by atoms with Crippen LogP contribution in [-0.4, -0.2) is 29.9 Å². The van der Waals surface area contributed by atoms with Crippen LogP contribution in [0.15, 0.2) is 28.7 Å². The second-order valence-electron chi connectivity index (χ2n) is 4.51. The van der Waals surface area contributed by atoms with E-state index in [0.29, 0.717) is 6.42 Å². The highest BCUT2D eigenvalue weighted by molar-refractivity contribution is 9.10. The first-order valence-electron chi connectivity index (χ1n) is 5.93. The Morgan fingerprint density at radius 3 is 2.71 bits per heavy atom. The summed E-state index contributed by atoms with van der Waals surface area (Å²) in [6.07, 6.45) is 2.32. The fourth-order valence-electron chi connectivity index (χ4n) is 2.07. The second kappa shape index (κ2) is 5.65. The lowest BCUT2D eigenvalue weighted by atomic mass is 10.1. The number of aryl methyl sites for hydroxylation is 1. The molecule has 1 saturated heterocycles. The maximum Gasteiger partial charge on any atom is 0.222 e. The number of halogens is 1. The number of hydrogen-bond donors (Lipinski definition) is 1. The topological polar surface area (TPSA) is 46.3 Å². The number of carbonyl (C=O) groups is 1. The van der Waals surface area contributed by atoms with Gasteiger partial charge in [-0.25, -0.2) is 0 Å². The quantitative estimate of drug-likeness (QED) is 0.927. The van der Waals surface area contributed by atoms with Crippen molar-refractivity contribution in [3.05, 3.63) is 34.3 Å². The van der Waals surface area contributed by atoms with Crippen LogP contribution < -0.4 is 5.73 Å². The van der Waals surface area contributed by atoms with Crippen LogP contribution in [0, 0.1) is 0 Å². The van der Waals surface area contributed by atoms with E-state index in [0.717, 1.165) is 30.4 Å². The molecule has 1 aromatic rings. The van der Waals surface area contributed by atoms with Gasteiger partial charge in [0.2, 0.25) is 5.91 Å². The molecular weight excluding hydrogens is 280 g/mol. The molecule has 0 radical (unpaired) electrons. The second-order valence-corrected chi connectivity index (χ2v) is 5.43. The molecule has 0 spiro atoms. The van der Waals surface area contributed by atoms with E-state index < -0.39 is 0 Å². The fraction of sp³-hybridized carbons (Fsp3) is 0.462. The number of carbonyl (C=O) groups excluding carboxylic acids is 1. The van der Waals surface area contributed by atoms with Gasteiger partial charge in [-0.3, -0.25) is 4.79 Å². The Bertz CT molecular complexity index is 391. The van der Waals surface area contributed by atoms with E-state index in [9.17, 15) is 4.79 Å². The van der Waals surface area contributed by atoms with Crippen molar-refractivity contribution in [1.29, 1.82) is 0 Å². The molecule has 1 fully saturated rings. The molecule has 0 saturated carbocycles. The zero-order chi connectivity index (χ0) is 12.3. The van der Waals surface area contributed by atoms with E-state index in [2.05, 4.69) is 15.9 Å². The number of nitrogens with two attached hydrogens (primary N) is 1. The van der Waals surface area contributed by atoms with Gasteiger partial charge in [0.05, 0.1) is 0 Å². The summed E-state index contributed by atoms with van der Waals surface area (Å²) >= 11 is 3.40. The highest BCUT2D eigenvalue weighted by Crippen LogP contribution is 2.14. The third-order valence-electron chi connectivity index (χ3n) is 3.12. The summed E-state index contributed by atoms with van der Waals surface area (Å²) in [4.78, 5) is 13.8. The minimum atomic E-state index is 0.173. The summed E-state index contributed by atoms with van der Waals surface area (Å²) in [6.45, 7) is 1.54. The highest BCUT2D eigenvalue weighted by atomic mass is 79.9. The van der Waals surface area contributed by atoms with E-state index in [1.54, 1.807) is 0 Å². The molecule has 1 amide bonds. The Morgan fingerprint density at radius 2 is 2.12 bits per heavy atom. The predicted octanol–water partition coefficient (Wildman–Crippen LogP) is 1.94. The molecule has 1 aliphatic rings. The number of hydrogen-bond acceptors (Lipinski definition) is 2. The number of benzene rings is 1. The molecule has 0 bridgehead atoms. The summed E-state index contributed by atoms with van der Waals surface area (Å²) < 4.78 is 1.07. The Kier molecular flexibility index (Phi) is 4.18. The molecule has 0 aliphatic carbocycles. The van der Waals surface area contributed by atoms with Crippen molar-refractivity contribution < 1.29 is 4.79 Å². The van der Waals surface area contributed by atoms with Crippen LogP contribution in [0.5, 0.6) is 0 Å². The molecule has 4 heteroatoms. The molecule has 1 heterocycles. The van der Waals surface area contributed by atoms with Crippen molar-refractivity contribution in [2.45, 2.75) is 25.3 Å². The third-order valence-corrected chi connectivity index (χ3v) is 3.65. The Hall–Kier alpha value is -0.870. The lowest BCUT2D eigenvalue weighted by Gasteiger charge is -2.15.